The zero-order valence-electron chi connectivity index (χ0n) is 17.9. The Morgan fingerprint density at radius 1 is 1.07 bits per heavy atom. The van der Waals surface area contributed by atoms with Crippen LogP contribution in [-0.4, -0.2) is 37.0 Å². The number of carbonyl (C=O) groups excluding carboxylic acids is 2. The van der Waals surface area contributed by atoms with E-state index < -0.39 is 17.7 Å². The van der Waals surface area contributed by atoms with Gasteiger partial charge in [-0.1, -0.05) is 31.2 Å². The van der Waals surface area contributed by atoms with Crippen molar-refractivity contribution in [3.05, 3.63) is 65.4 Å². The number of ether oxygens (including phenoxy) is 1. The fourth-order valence-electron chi connectivity index (χ4n) is 3.93. The third-order valence-electron chi connectivity index (χ3n) is 5.51. The molecule has 1 N–H and O–H groups in total. The van der Waals surface area contributed by atoms with Crippen LogP contribution < -0.4 is 14.5 Å². The molecule has 1 heterocycles. The van der Waals surface area contributed by atoms with E-state index in [0.717, 1.165) is 24.3 Å². The Labute approximate surface area is 177 Å². The lowest BCUT2D eigenvalue weighted by Crippen LogP contribution is -2.31. The normalized spacial score (nSPS) is 16.2. The van der Waals surface area contributed by atoms with Gasteiger partial charge in [0.25, 0.3) is 5.91 Å². The number of nitrogens with zero attached hydrogens (tertiary/aromatic N) is 2. The standard InChI is InChI=1S/C24H28N2O4/c1-5-19(27)21-22(16-12-14-17(15-13-16)25(6-2)7-3)26(24(29)23(21)28)18-10-8-9-11-20(18)30-4/h8-15,22,28H,5-7H2,1-4H3. The van der Waals surface area contributed by atoms with Gasteiger partial charge in [0.1, 0.15) is 5.75 Å². The Kier molecular flexibility index (Phi) is 6.45. The molecule has 2 aromatic rings. The molecule has 0 spiro atoms. The molecule has 1 aliphatic heterocycles. The maximum absolute atomic E-state index is 13.1. The maximum atomic E-state index is 13.1. The van der Waals surface area contributed by atoms with E-state index in [-0.39, 0.29) is 17.8 Å². The van der Waals surface area contributed by atoms with Crippen LogP contribution in [0.25, 0.3) is 0 Å². The van der Waals surface area contributed by atoms with Gasteiger partial charge in [0.05, 0.1) is 24.4 Å². The maximum Gasteiger partial charge on any atom is 0.294 e. The predicted octanol–water partition coefficient (Wildman–Crippen LogP) is 4.42. The van der Waals surface area contributed by atoms with Gasteiger partial charge in [0.15, 0.2) is 11.5 Å². The van der Waals surface area contributed by atoms with Crippen molar-refractivity contribution in [1.82, 2.24) is 0 Å². The number of Topliss-reactive ketones (excluding diaryl/α,β-unsaturated/α-hetero) is 1. The predicted molar refractivity (Wildman–Crippen MR) is 118 cm³/mol. The van der Waals surface area contributed by atoms with E-state index in [4.69, 9.17) is 4.74 Å². The SMILES string of the molecule is CCC(=O)C1=C(O)C(=O)N(c2ccccc2OC)C1c1ccc(N(CC)CC)cc1. The van der Waals surface area contributed by atoms with E-state index in [1.54, 1.807) is 25.1 Å². The van der Waals surface area contributed by atoms with Gasteiger partial charge >= 0.3 is 0 Å². The Morgan fingerprint density at radius 3 is 2.27 bits per heavy atom. The summed E-state index contributed by atoms with van der Waals surface area (Å²) in [7, 11) is 1.53. The summed E-state index contributed by atoms with van der Waals surface area (Å²) in [5, 5.41) is 10.6. The van der Waals surface area contributed by atoms with E-state index >= 15 is 0 Å². The van der Waals surface area contributed by atoms with Crippen LogP contribution in [0.4, 0.5) is 11.4 Å². The highest BCUT2D eigenvalue weighted by molar-refractivity contribution is 6.16. The second-order valence-electron chi connectivity index (χ2n) is 7.05. The van der Waals surface area contributed by atoms with Crippen molar-refractivity contribution in [3.63, 3.8) is 0 Å². The van der Waals surface area contributed by atoms with Crippen molar-refractivity contribution < 1.29 is 19.4 Å². The molecule has 1 atom stereocenters. The minimum absolute atomic E-state index is 0.129. The van der Waals surface area contributed by atoms with Crippen LogP contribution in [0.1, 0.15) is 38.8 Å². The van der Waals surface area contributed by atoms with Crippen molar-refractivity contribution >= 4 is 23.1 Å². The molecule has 0 fully saturated rings. The zero-order chi connectivity index (χ0) is 21.8. The molecule has 0 saturated heterocycles. The van der Waals surface area contributed by atoms with Gasteiger partial charge in [-0.25, -0.2) is 0 Å². The van der Waals surface area contributed by atoms with Crippen molar-refractivity contribution in [3.8, 4) is 5.75 Å². The monoisotopic (exact) mass is 408 g/mol. The van der Waals surface area contributed by atoms with Crippen LogP contribution in [0.3, 0.4) is 0 Å². The molecule has 1 amide bonds. The second-order valence-corrected chi connectivity index (χ2v) is 7.05. The molecule has 6 heteroatoms. The summed E-state index contributed by atoms with van der Waals surface area (Å²) in [6, 6.07) is 14.2. The largest absolute Gasteiger partial charge is 0.503 e. The number of amides is 1. The molecule has 0 aliphatic carbocycles. The molecule has 3 rings (SSSR count). The number of anilines is 2. The molecule has 0 saturated carbocycles. The Morgan fingerprint density at radius 2 is 1.70 bits per heavy atom. The second kappa shape index (κ2) is 9.03. The minimum Gasteiger partial charge on any atom is -0.503 e. The average Bonchev–Trinajstić information content (AvgIpc) is 3.05. The van der Waals surface area contributed by atoms with Crippen molar-refractivity contribution in [2.75, 3.05) is 30.0 Å². The fourth-order valence-corrected chi connectivity index (χ4v) is 3.93. The van der Waals surface area contributed by atoms with Crippen molar-refractivity contribution in [2.45, 2.75) is 33.2 Å². The molecule has 2 aromatic carbocycles. The van der Waals surface area contributed by atoms with E-state index in [2.05, 4.69) is 18.7 Å². The zero-order valence-corrected chi connectivity index (χ0v) is 17.9. The number of methoxy groups -OCH3 is 1. The number of rotatable bonds is 8. The van der Waals surface area contributed by atoms with Gasteiger partial charge in [-0.15, -0.1) is 0 Å². The van der Waals surface area contributed by atoms with Crippen molar-refractivity contribution in [2.24, 2.45) is 0 Å². The first kappa shape index (κ1) is 21.4. The summed E-state index contributed by atoms with van der Waals surface area (Å²) >= 11 is 0. The summed E-state index contributed by atoms with van der Waals surface area (Å²) in [5.74, 6) is -0.857. The van der Waals surface area contributed by atoms with Crippen LogP contribution in [0.15, 0.2) is 59.9 Å². The number of aliphatic hydroxyl groups is 1. The molecular weight excluding hydrogens is 380 g/mol. The van der Waals surface area contributed by atoms with Gasteiger partial charge in [0.2, 0.25) is 0 Å². The number of benzene rings is 2. The lowest BCUT2D eigenvalue weighted by atomic mass is 9.94. The first-order chi connectivity index (χ1) is 14.5. The van der Waals surface area contributed by atoms with Gasteiger partial charge in [0, 0.05) is 25.2 Å². The van der Waals surface area contributed by atoms with Crippen LogP contribution in [0.5, 0.6) is 5.75 Å². The van der Waals surface area contributed by atoms with Gasteiger partial charge in [-0.3, -0.25) is 14.5 Å². The highest BCUT2D eigenvalue weighted by Crippen LogP contribution is 2.44. The Hall–Kier alpha value is -3.28. The van der Waals surface area contributed by atoms with Crippen LogP contribution in [0.2, 0.25) is 0 Å². The molecule has 0 radical (unpaired) electrons. The van der Waals surface area contributed by atoms with Crippen molar-refractivity contribution in [1.29, 1.82) is 0 Å². The minimum atomic E-state index is -0.716. The highest BCUT2D eigenvalue weighted by atomic mass is 16.5. The van der Waals surface area contributed by atoms with Gasteiger partial charge in [-0.2, -0.15) is 0 Å². The van der Waals surface area contributed by atoms with Gasteiger partial charge in [-0.05, 0) is 43.7 Å². The summed E-state index contributed by atoms with van der Waals surface area (Å²) in [5.41, 5.74) is 2.46. The topological polar surface area (TPSA) is 70.1 Å². The quantitative estimate of drug-likeness (QED) is 0.700. The van der Waals surface area contributed by atoms with Crippen LogP contribution in [-0.2, 0) is 9.59 Å². The molecular formula is C24H28N2O4. The molecule has 1 aliphatic rings. The van der Waals surface area contributed by atoms with Crippen LogP contribution in [0, 0.1) is 0 Å². The summed E-state index contributed by atoms with van der Waals surface area (Å²) in [6.45, 7) is 7.67. The summed E-state index contributed by atoms with van der Waals surface area (Å²) in [6.07, 6.45) is 0.195. The number of hydrogen-bond donors (Lipinski definition) is 1. The van der Waals surface area contributed by atoms with E-state index in [9.17, 15) is 14.7 Å². The highest BCUT2D eigenvalue weighted by Gasteiger charge is 2.44. The Bertz CT molecular complexity index is 961. The summed E-state index contributed by atoms with van der Waals surface area (Å²) < 4.78 is 5.44. The number of ketones is 1. The van der Waals surface area contributed by atoms with E-state index in [1.165, 1.54) is 12.0 Å². The number of hydrogen-bond acceptors (Lipinski definition) is 5. The molecule has 30 heavy (non-hydrogen) atoms. The lowest BCUT2D eigenvalue weighted by Gasteiger charge is -2.29. The van der Waals surface area contributed by atoms with E-state index in [1.807, 2.05) is 30.3 Å². The first-order valence-electron chi connectivity index (χ1n) is 10.3. The number of carbonyl (C=O) groups is 2. The third-order valence-corrected chi connectivity index (χ3v) is 5.51. The number of aliphatic hydroxyl groups excluding tert-OH is 1. The fraction of sp³-hybridized carbons (Fsp3) is 0.333. The van der Waals surface area contributed by atoms with Gasteiger partial charge < -0.3 is 14.7 Å². The van der Waals surface area contributed by atoms with E-state index in [0.29, 0.717) is 11.4 Å². The molecule has 0 bridgehead atoms. The molecule has 158 valence electrons. The first-order valence-corrected chi connectivity index (χ1v) is 10.3. The third kappa shape index (κ3) is 3.65. The molecule has 1 unspecified atom stereocenters. The Balaban J connectivity index is 2.14. The molecule has 6 nitrogen and oxygen atoms in total. The average molecular weight is 408 g/mol. The smallest absolute Gasteiger partial charge is 0.294 e. The lowest BCUT2D eigenvalue weighted by molar-refractivity contribution is -0.118. The number of para-hydroxylation sites is 2. The summed E-state index contributed by atoms with van der Waals surface area (Å²) in [4.78, 5) is 29.4. The van der Waals surface area contributed by atoms with Crippen LogP contribution >= 0.6 is 0 Å². The molecule has 0 aromatic heterocycles.